The van der Waals surface area contributed by atoms with Crippen LogP contribution in [0, 0.1) is 17.8 Å². The zero-order valence-electron chi connectivity index (χ0n) is 12.7. The molecule has 0 aromatic carbocycles. The standard InChI is InChI=1S/C16H28O5/c17-3-4-18-5-6-19-7-8-20-9-10-21-13-16-12-14-1-2-15(16)11-14/h1-2,14-17H,3-13H2/t14-,15+,16-/m1/s1. The zero-order chi connectivity index (χ0) is 14.8. The fourth-order valence-electron chi connectivity index (χ4n) is 3.05. The van der Waals surface area contributed by atoms with Gasteiger partial charge in [0.1, 0.15) is 0 Å². The lowest BCUT2D eigenvalue weighted by Gasteiger charge is -2.17. The summed E-state index contributed by atoms with van der Waals surface area (Å²) in [6.45, 7) is 4.79. The van der Waals surface area contributed by atoms with E-state index >= 15 is 0 Å². The summed E-state index contributed by atoms with van der Waals surface area (Å²) in [5, 5.41) is 8.51. The van der Waals surface area contributed by atoms with Gasteiger partial charge in [-0.1, -0.05) is 12.2 Å². The average Bonchev–Trinajstić information content (AvgIpc) is 3.11. The molecule has 0 aromatic heterocycles. The summed E-state index contributed by atoms with van der Waals surface area (Å²) in [6.07, 6.45) is 7.36. The fraction of sp³-hybridized carbons (Fsp3) is 0.875. The molecule has 0 aromatic rings. The summed E-state index contributed by atoms with van der Waals surface area (Å²) >= 11 is 0. The van der Waals surface area contributed by atoms with Gasteiger partial charge in [-0.05, 0) is 30.6 Å². The molecule has 0 spiro atoms. The lowest BCUT2D eigenvalue weighted by atomic mass is 9.95. The Labute approximate surface area is 127 Å². The van der Waals surface area contributed by atoms with Gasteiger partial charge in [0.25, 0.3) is 0 Å². The van der Waals surface area contributed by atoms with Gasteiger partial charge in [0.15, 0.2) is 0 Å². The van der Waals surface area contributed by atoms with E-state index in [9.17, 15) is 0 Å². The maximum absolute atomic E-state index is 8.51. The van der Waals surface area contributed by atoms with Crippen molar-refractivity contribution in [3.63, 3.8) is 0 Å². The largest absolute Gasteiger partial charge is 0.394 e. The molecule has 0 unspecified atom stereocenters. The van der Waals surface area contributed by atoms with E-state index in [4.69, 9.17) is 24.1 Å². The highest BCUT2D eigenvalue weighted by Crippen LogP contribution is 2.43. The Hall–Kier alpha value is -0.460. The van der Waals surface area contributed by atoms with E-state index in [1.54, 1.807) is 0 Å². The Bertz CT molecular complexity index is 294. The summed E-state index contributed by atoms with van der Waals surface area (Å²) < 4.78 is 21.5. The van der Waals surface area contributed by atoms with Crippen molar-refractivity contribution in [3.05, 3.63) is 12.2 Å². The molecule has 2 aliphatic rings. The van der Waals surface area contributed by atoms with Crippen LogP contribution in [0.5, 0.6) is 0 Å². The van der Waals surface area contributed by atoms with Gasteiger partial charge in [-0.3, -0.25) is 0 Å². The minimum absolute atomic E-state index is 0.0572. The van der Waals surface area contributed by atoms with Crippen molar-refractivity contribution in [3.8, 4) is 0 Å². The maximum atomic E-state index is 8.51. The first-order valence-electron chi connectivity index (χ1n) is 8.00. The number of aliphatic hydroxyl groups is 1. The number of hydrogen-bond acceptors (Lipinski definition) is 5. The molecule has 21 heavy (non-hydrogen) atoms. The fourth-order valence-corrected chi connectivity index (χ4v) is 3.05. The molecular weight excluding hydrogens is 272 g/mol. The van der Waals surface area contributed by atoms with Crippen molar-refractivity contribution < 1.29 is 24.1 Å². The number of aliphatic hydroxyl groups excluding tert-OH is 1. The zero-order valence-corrected chi connectivity index (χ0v) is 12.7. The van der Waals surface area contributed by atoms with E-state index in [2.05, 4.69) is 12.2 Å². The quantitative estimate of drug-likeness (QED) is 0.410. The second kappa shape index (κ2) is 10.3. The molecule has 0 aliphatic heterocycles. The second-order valence-electron chi connectivity index (χ2n) is 5.68. The lowest BCUT2D eigenvalue weighted by molar-refractivity contribution is -0.00989. The molecule has 2 aliphatic carbocycles. The third-order valence-corrected chi connectivity index (χ3v) is 4.10. The van der Waals surface area contributed by atoms with Gasteiger partial charge in [-0.15, -0.1) is 0 Å². The molecule has 122 valence electrons. The predicted molar refractivity (Wildman–Crippen MR) is 79.2 cm³/mol. The van der Waals surface area contributed by atoms with Crippen LogP contribution in [0.1, 0.15) is 12.8 Å². The van der Waals surface area contributed by atoms with Gasteiger partial charge in [0, 0.05) is 0 Å². The van der Waals surface area contributed by atoms with Crippen molar-refractivity contribution >= 4 is 0 Å². The Morgan fingerprint density at radius 2 is 1.38 bits per heavy atom. The van der Waals surface area contributed by atoms with Gasteiger partial charge in [0.2, 0.25) is 0 Å². The van der Waals surface area contributed by atoms with E-state index < -0.39 is 0 Å². The summed E-state index contributed by atoms with van der Waals surface area (Å²) in [6, 6.07) is 0. The summed E-state index contributed by atoms with van der Waals surface area (Å²) in [7, 11) is 0. The van der Waals surface area contributed by atoms with Gasteiger partial charge in [-0.25, -0.2) is 0 Å². The first kappa shape index (κ1) is 16.9. The maximum Gasteiger partial charge on any atom is 0.0701 e. The van der Waals surface area contributed by atoms with E-state index in [0.717, 1.165) is 24.4 Å². The molecule has 1 saturated carbocycles. The van der Waals surface area contributed by atoms with Crippen molar-refractivity contribution in [1.29, 1.82) is 0 Å². The third kappa shape index (κ3) is 6.45. The first-order chi connectivity index (χ1) is 10.4. The van der Waals surface area contributed by atoms with Gasteiger partial charge >= 0.3 is 0 Å². The third-order valence-electron chi connectivity index (χ3n) is 4.10. The Balaban J connectivity index is 1.29. The van der Waals surface area contributed by atoms with E-state index in [-0.39, 0.29) is 6.61 Å². The highest BCUT2D eigenvalue weighted by atomic mass is 16.6. The molecule has 0 amide bonds. The smallest absolute Gasteiger partial charge is 0.0701 e. The van der Waals surface area contributed by atoms with Crippen LogP contribution in [-0.4, -0.2) is 64.6 Å². The number of fused-ring (bicyclic) bond motifs is 2. The number of allylic oxidation sites excluding steroid dienone is 2. The first-order valence-corrected chi connectivity index (χ1v) is 8.00. The normalized spacial score (nSPS) is 26.8. The second-order valence-corrected chi connectivity index (χ2v) is 5.68. The lowest BCUT2D eigenvalue weighted by Crippen LogP contribution is -2.17. The molecule has 0 saturated heterocycles. The minimum Gasteiger partial charge on any atom is -0.394 e. The summed E-state index contributed by atoms with van der Waals surface area (Å²) in [5.41, 5.74) is 0. The SMILES string of the molecule is OCCOCCOCCOCCOC[C@H]1C[C@@H]2C=C[C@H]1C2. The molecule has 2 bridgehead atoms. The van der Waals surface area contributed by atoms with Gasteiger partial charge in [-0.2, -0.15) is 0 Å². The minimum atomic E-state index is 0.0572. The highest BCUT2D eigenvalue weighted by molar-refractivity contribution is 5.09. The van der Waals surface area contributed by atoms with Gasteiger partial charge in [0.05, 0.1) is 59.5 Å². The van der Waals surface area contributed by atoms with E-state index in [1.807, 2.05) is 0 Å². The molecule has 5 nitrogen and oxygen atoms in total. The monoisotopic (exact) mass is 300 g/mol. The number of hydrogen-bond donors (Lipinski definition) is 1. The van der Waals surface area contributed by atoms with E-state index in [0.29, 0.717) is 46.2 Å². The molecule has 3 atom stereocenters. The molecule has 5 heteroatoms. The van der Waals surface area contributed by atoms with Crippen LogP contribution < -0.4 is 0 Å². The van der Waals surface area contributed by atoms with Gasteiger partial charge < -0.3 is 24.1 Å². The topological polar surface area (TPSA) is 57.2 Å². The van der Waals surface area contributed by atoms with Crippen LogP contribution >= 0.6 is 0 Å². The van der Waals surface area contributed by atoms with Crippen LogP contribution in [0.3, 0.4) is 0 Å². The average molecular weight is 300 g/mol. The highest BCUT2D eigenvalue weighted by Gasteiger charge is 2.35. The molecule has 2 rings (SSSR count). The Morgan fingerprint density at radius 3 is 1.90 bits per heavy atom. The molecule has 1 fully saturated rings. The molecule has 1 N–H and O–H groups in total. The summed E-state index contributed by atoms with van der Waals surface area (Å²) in [4.78, 5) is 0. The summed E-state index contributed by atoms with van der Waals surface area (Å²) in [5.74, 6) is 2.30. The van der Waals surface area contributed by atoms with Crippen LogP contribution in [-0.2, 0) is 18.9 Å². The van der Waals surface area contributed by atoms with E-state index in [1.165, 1.54) is 12.8 Å². The van der Waals surface area contributed by atoms with Crippen LogP contribution in [0.4, 0.5) is 0 Å². The van der Waals surface area contributed by atoms with Crippen LogP contribution in [0.25, 0.3) is 0 Å². The number of ether oxygens (including phenoxy) is 4. The molecule has 0 radical (unpaired) electrons. The Morgan fingerprint density at radius 1 is 0.762 bits per heavy atom. The Kier molecular flexibility index (Phi) is 8.29. The van der Waals surface area contributed by atoms with Crippen LogP contribution in [0.15, 0.2) is 12.2 Å². The van der Waals surface area contributed by atoms with Crippen molar-refractivity contribution in [2.24, 2.45) is 17.8 Å². The predicted octanol–water partition coefficient (Wildman–Crippen LogP) is 1.26. The molecular formula is C16H28O5. The van der Waals surface area contributed by atoms with Crippen LogP contribution in [0.2, 0.25) is 0 Å². The number of rotatable bonds is 13. The van der Waals surface area contributed by atoms with Crippen molar-refractivity contribution in [2.75, 3.05) is 59.5 Å². The van der Waals surface area contributed by atoms with Crippen molar-refractivity contribution in [1.82, 2.24) is 0 Å². The molecule has 0 heterocycles. The van der Waals surface area contributed by atoms with Crippen molar-refractivity contribution in [2.45, 2.75) is 12.8 Å².